The standard InChI is InChI=1S/C35H54O6/c1-21(2)28-24(37)20-35(30(38)40-19-18-39-9)17-16-33(7)23(29(28)35)10-11-26-32(6)14-13-27(41-22(3)36)31(4,5)25(32)12-15-34(26,33)8/h21,23,25-27H,10-20H2,1-9H3/t23-,25+,26-,27+,32+,33-,34-,35-/m1/s1. The van der Waals surface area contributed by atoms with Gasteiger partial charge in [0.1, 0.15) is 12.7 Å². The Morgan fingerprint density at radius 3 is 2.22 bits per heavy atom. The molecular formula is C35H54O6. The Bertz CT molecular complexity index is 1140. The average Bonchev–Trinajstić information content (AvgIpc) is 3.19. The number of fused-ring (bicyclic) bond motifs is 7. The molecule has 0 aromatic heterocycles. The lowest BCUT2D eigenvalue weighted by molar-refractivity contribution is -0.233. The van der Waals surface area contributed by atoms with Crippen molar-refractivity contribution in [3.8, 4) is 0 Å². The molecule has 41 heavy (non-hydrogen) atoms. The fourth-order valence-electron chi connectivity index (χ4n) is 11.6. The highest BCUT2D eigenvalue weighted by Gasteiger charge is 2.71. The molecule has 0 saturated heterocycles. The maximum absolute atomic E-state index is 13.8. The van der Waals surface area contributed by atoms with Crippen LogP contribution in [0.1, 0.15) is 113 Å². The first kappa shape index (κ1) is 30.8. The third kappa shape index (κ3) is 4.23. The SMILES string of the molecule is COCCOC(=O)[C@@]12CC[C@]3(C)[C@H](CC[C@@H]4[C@@]5(C)CC[C@H](OC(C)=O)C(C)(C)[C@@H]5CC[C@]43C)C1=C(C(C)C)C(=O)C2. The lowest BCUT2D eigenvalue weighted by Gasteiger charge is -2.72. The lowest BCUT2D eigenvalue weighted by Crippen LogP contribution is -2.66. The monoisotopic (exact) mass is 570 g/mol. The number of methoxy groups -OCH3 is 1. The average molecular weight is 571 g/mol. The van der Waals surface area contributed by atoms with Crippen molar-refractivity contribution in [1.29, 1.82) is 0 Å². The van der Waals surface area contributed by atoms with Gasteiger partial charge in [-0.05, 0) is 102 Å². The van der Waals surface area contributed by atoms with Crippen LogP contribution < -0.4 is 0 Å². The van der Waals surface area contributed by atoms with Gasteiger partial charge < -0.3 is 14.2 Å². The lowest BCUT2D eigenvalue weighted by atomic mass is 9.33. The molecule has 6 heteroatoms. The van der Waals surface area contributed by atoms with Crippen LogP contribution in [-0.2, 0) is 28.6 Å². The number of ether oxygens (including phenoxy) is 3. The van der Waals surface area contributed by atoms with Crippen LogP contribution in [0.3, 0.4) is 0 Å². The highest BCUT2D eigenvalue weighted by Crippen LogP contribution is 2.76. The van der Waals surface area contributed by atoms with Crippen LogP contribution in [-0.4, -0.2) is 44.1 Å². The number of Topliss-reactive ketones (excluding diaryl/α,β-unsaturated/α-hetero) is 1. The molecule has 4 saturated carbocycles. The summed E-state index contributed by atoms with van der Waals surface area (Å²) in [5.74, 6) is 1.09. The number of carbonyl (C=O) groups is 3. The van der Waals surface area contributed by atoms with Crippen LogP contribution in [0.15, 0.2) is 11.1 Å². The van der Waals surface area contributed by atoms with E-state index in [2.05, 4.69) is 48.5 Å². The smallest absolute Gasteiger partial charge is 0.316 e. The van der Waals surface area contributed by atoms with Gasteiger partial charge in [0.2, 0.25) is 0 Å². The van der Waals surface area contributed by atoms with Gasteiger partial charge in [0.15, 0.2) is 5.78 Å². The number of carbonyl (C=O) groups excluding carboxylic acids is 3. The minimum Gasteiger partial charge on any atom is -0.463 e. The van der Waals surface area contributed by atoms with Crippen molar-refractivity contribution >= 4 is 17.7 Å². The van der Waals surface area contributed by atoms with Crippen molar-refractivity contribution in [3.05, 3.63) is 11.1 Å². The second kappa shape index (κ2) is 10.2. The molecule has 4 fully saturated rings. The van der Waals surface area contributed by atoms with Crippen LogP contribution in [0.2, 0.25) is 0 Å². The van der Waals surface area contributed by atoms with E-state index in [1.54, 1.807) is 7.11 Å². The quantitative estimate of drug-likeness (QED) is 0.251. The summed E-state index contributed by atoms with van der Waals surface area (Å²) in [6.07, 6.45) is 8.22. The molecule has 0 amide bonds. The molecule has 5 rings (SSSR count). The Morgan fingerprint density at radius 2 is 1.59 bits per heavy atom. The van der Waals surface area contributed by atoms with E-state index in [1.165, 1.54) is 6.92 Å². The van der Waals surface area contributed by atoms with Crippen LogP contribution >= 0.6 is 0 Å². The highest BCUT2D eigenvalue weighted by molar-refractivity contribution is 6.06. The largest absolute Gasteiger partial charge is 0.463 e. The number of allylic oxidation sites excluding steroid dienone is 1. The first-order valence-corrected chi connectivity index (χ1v) is 16.2. The van der Waals surface area contributed by atoms with Gasteiger partial charge in [-0.1, -0.05) is 48.5 Å². The molecule has 0 aromatic rings. The van der Waals surface area contributed by atoms with Crippen molar-refractivity contribution in [2.75, 3.05) is 20.3 Å². The van der Waals surface area contributed by atoms with Gasteiger partial charge in [-0.2, -0.15) is 0 Å². The van der Waals surface area contributed by atoms with Crippen molar-refractivity contribution in [1.82, 2.24) is 0 Å². The van der Waals surface area contributed by atoms with Crippen molar-refractivity contribution in [2.24, 2.45) is 50.7 Å². The molecule has 5 aliphatic rings. The molecule has 0 N–H and O–H groups in total. The number of ketones is 1. The summed E-state index contributed by atoms with van der Waals surface area (Å²) in [6, 6.07) is 0. The van der Waals surface area contributed by atoms with Gasteiger partial charge in [-0.15, -0.1) is 0 Å². The Balaban J connectivity index is 1.54. The van der Waals surface area contributed by atoms with Crippen molar-refractivity contribution < 1.29 is 28.6 Å². The minimum atomic E-state index is -0.816. The van der Waals surface area contributed by atoms with Crippen LogP contribution in [0.4, 0.5) is 0 Å². The summed E-state index contributed by atoms with van der Waals surface area (Å²) in [5.41, 5.74) is 1.42. The first-order valence-electron chi connectivity index (χ1n) is 16.2. The fourth-order valence-corrected chi connectivity index (χ4v) is 11.6. The molecular weight excluding hydrogens is 516 g/mol. The first-order chi connectivity index (χ1) is 19.1. The summed E-state index contributed by atoms with van der Waals surface area (Å²) in [5, 5.41) is 0. The molecule has 6 nitrogen and oxygen atoms in total. The molecule has 0 aromatic carbocycles. The molecule has 0 aliphatic heterocycles. The number of rotatable bonds is 6. The number of esters is 2. The zero-order valence-electron chi connectivity index (χ0n) is 27.1. The van der Waals surface area contributed by atoms with Crippen molar-refractivity contribution in [2.45, 2.75) is 119 Å². The number of hydrogen-bond donors (Lipinski definition) is 0. The second-order valence-corrected chi connectivity index (χ2v) is 15.9. The van der Waals surface area contributed by atoms with E-state index < -0.39 is 5.41 Å². The summed E-state index contributed by atoms with van der Waals surface area (Å²) < 4.78 is 16.9. The van der Waals surface area contributed by atoms with E-state index in [4.69, 9.17) is 14.2 Å². The van der Waals surface area contributed by atoms with E-state index in [0.29, 0.717) is 24.9 Å². The maximum atomic E-state index is 13.8. The Kier molecular flexibility index (Phi) is 7.65. The molecule has 0 spiro atoms. The topological polar surface area (TPSA) is 78.9 Å². The molecule has 0 unspecified atom stereocenters. The summed E-state index contributed by atoms with van der Waals surface area (Å²) in [7, 11) is 1.61. The fraction of sp³-hybridized carbons (Fsp3) is 0.857. The summed E-state index contributed by atoms with van der Waals surface area (Å²) >= 11 is 0. The Morgan fingerprint density at radius 1 is 0.878 bits per heavy atom. The van der Waals surface area contributed by atoms with Gasteiger partial charge in [0, 0.05) is 25.9 Å². The van der Waals surface area contributed by atoms with Gasteiger partial charge in [-0.3, -0.25) is 14.4 Å². The van der Waals surface area contributed by atoms with E-state index in [1.807, 2.05) is 0 Å². The van der Waals surface area contributed by atoms with E-state index in [-0.39, 0.29) is 70.3 Å². The van der Waals surface area contributed by atoms with E-state index >= 15 is 0 Å². The van der Waals surface area contributed by atoms with Gasteiger partial charge in [0.25, 0.3) is 0 Å². The maximum Gasteiger partial charge on any atom is 0.316 e. The Hall–Kier alpha value is -1.69. The minimum absolute atomic E-state index is 0.00280. The number of hydrogen-bond acceptors (Lipinski definition) is 6. The molecule has 0 bridgehead atoms. The van der Waals surface area contributed by atoms with Gasteiger partial charge in [-0.25, -0.2) is 0 Å². The van der Waals surface area contributed by atoms with Crippen LogP contribution in [0, 0.1) is 50.7 Å². The predicted octanol–water partition coefficient (Wildman–Crippen LogP) is 7.09. The molecule has 0 heterocycles. The Labute approximate surface area is 247 Å². The summed E-state index contributed by atoms with van der Waals surface area (Å²) in [6.45, 7) is 18.6. The zero-order chi connectivity index (χ0) is 30.2. The highest BCUT2D eigenvalue weighted by atomic mass is 16.6. The van der Waals surface area contributed by atoms with E-state index in [0.717, 1.165) is 56.1 Å². The normalized spacial score (nSPS) is 43.1. The van der Waals surface area contributed by atoms with Crippen LogP contribution in [0.5, 0.6) is 0 Å². The van der Waals surface area contributed by atoms with Gasteiger partial charge >= 0.3 is 11.9 Å². The van der Waals surface area contributed by atoms with E-state index in [9.17, 15) is 14.4 Å². The van der Waals surface area contributed by atoms with Gasteiger partial charge in [0.05, 0.1) is 12.0 Å². The molecule has 5 aliphatic carbocycles. The second-order valence-electron chi connectivity index (χ2n) is 15.9. The molecule has 230 valence electrons. The predicted molar refractivity (Wildman–Crippen MR) is 158 cm³/mol. The third-order valence-electron chi connectivity index (χ3n) is 13.6. The molecule has 0 radical (unpaired) electrons. The summed E-state index contributed by atoms with van der Waals surface area (Å²) in [4.78, 5) is 39.5. The zero-order valence-corrected chi connectivity index (χ0v) is 27.1. The molecule has 8 atom stereocenters. The van der Waals surface area contributed by atoms with Crippen molar-refractivity contribution in [3.63, 3.8) is 0 Å². The van der Waals surface area contributed by atoms with Crippen LogP contribution in [0.25, 0.3) is 0 Å². The third-order valence-corrected chi connectivity index (χ3v) is 13.6.